The van der Waals surface area contributed by atoms with Gasteiger partial charge in [-0.3, -0.25) is 0 Å². The Morgan fingerprint density at radius 1 is 1.45 bits per heavy atom. The van der Waals surface area contributed by atoms with Crippen molar-refractivity contribution in [1.29, 1.82) is 0 Å². The van der Waals surface area contributed by atoms with Gasteiger partial charge >= 0.3 is 0 Å². The minimum atomic E-state index is 0.998. The van der Waals surface area contributed by atoms with Crippen LogP contribution in [0.3, 0.4) is 0 Å². The van der Waals surface area contributed by atoms with Gasteiger partial charge in [0.15, 0.2) is 0 Å². The predicted octanol–water partition coefficient (Wildman–Crippen LogP) is 3.01. The van der Waals surface area contributed by atoms with Crippen LogP contribution in [-0.4, -0.2) is 0 Å². The van der Waals surface area contributed by atoms with Crippen molar-refractivity contribution in [2.75, 3.05) is 0 Å². The number of hydrogen-bond donors (Lipinski definition) is 0. The van der Waals surface area contributed by atoms with Crippen LogP contribution in [0.5, 0.6) is 0 Å². The molecule has 0 aliphatic heterocycles. The molecule has 0 bridgehead atoms. The summed E-state index contributed by atoms with van der Waals surface area (Å²) in [6.07, 6.45) is 7.10. The lowest BCUT2D eigenvalue weighted by Gasteiger charge is -1.92. The number of rotatable bonds is 1. The molecule has 1 nitrogen and oxygen atoms in total. The van der Waals surface area contributed by atoms with E-state index in [0.29, 0.717) is 0 Å². The van der Waals surface area contributed by atoms with Crippen molar-refractivity contribution in [3.8, 4) is 0 Å². The highest BCUT2D eigenvalue weighted by molar-refractivity contribution is 5.69. The van der Waals surface area contributed by atoms with Crippen molar-refractivity contribution in [3.63, 3.8) is 0 Å². The molecular weight excluding hydrogens is 136 g/mol. The second kappa shape index (κ2) is 2.42. The summed E-state index contributed by atoms with van der Waals surface area (Å²) in [6, 6.07) is 3.92. The van der Waals surface area contributed by atoms with E-state index in [9.17, 15) is 0 Å². The smallest absolute Gasteiger partial charge is 0.130 e. The van der Waals surface area contributed by atoms with Gasteiger partial charge in [0.2, 0.25) is 0 Å². The summed E-state index contributed by atoms with van der Waals surface area (Å²) >= 11 is 0. The number of furan rings is 1. The maximum absolute atomic E-state index is 5.26. The second-order valence-corrected chi connectivity index (χ2v) is 2.80. The van der Waals surface area contributed by atoms with Crippen molar-refractivity contribution < 1.29 is 4.42 Å². The lowest BCUT2D eigenvalue weighted by atomic mass is 10.2. The molecule has 0 spiro atoms. The zero-order valence-corrected chi connectivity index (χ0v) is 6.50. The Morgan fingerprint density at radius 3 is 2.91 bits per heavy atom. The third kappa shape index (κ3) is 1.14. The molecule has 1 aliphatic rings. The van der Waals surface area contributed by atoms with Crippen LogP contribution in [0.25, 0.3) is 5.57 Å². The Morgan fingerprint density at radius 2 is 2.36 bits per heavy atom. The normalized spacial score (nSPS) is 16.5. The minimum Gasteiger partial charge on any atom is -0.465 e. The van der Waals surface area contributed by atoms with Crippen LogP contribution in [0.4, 0.5) is 0 Å². The first kappa shape index (κ1) is 6.47. The predicted molar refractivity (Wildman–Crippen MR) is 45.1 cm³/mol. The van der Waals surface area contributed by atoms with Gasteiger partial charge in [0.1, 0.15) is 5.76 Å². The SMILES string of the molecule is CC1=CCC(c2ccco2)=C1. The highest BCUT2D eigenvalue weighted by Gasteiger charge is 2.07. The lowest BCUT2D eigenvalue weighted by molar-refractivity contribution is 0.552. The lowest BCUT2D eigenvalue weighted by Crippen LogP contribution is -1.72. The van der Waals surface area contributed by atoms with Crippen LogP contribution < -0.4 is 0 Å². The molecule has 0 atom stereocenters. The van der Waals surface area contributed by atoms with Crippen molar-refractivity contribution in [2.45, 2.75) is 13.3 Å². The average Bonchev–Trinajstić information content (AvgIpc) is 2.55. The van der Waals surface area contributed by atoms with Gasteiger partial charge in [-0.25, -0.2) is 0 Å². The number of hydrogen-bond acceptors (Lipinski definition) is 1. The zero-order chi connectivity index (χ0) is 7.68. The van der Waals surface area contributed by atoms with Crippen molar-refractivity contribution in [1.82, 2.24) is 0 Å². The fourth-order valence-electron chi connectivity index (χ4n) is 1.30. The van der Waals surface area contributed by atoms with E-state index in [4.69, 9.17) is 4.42 Å². The Bertz CT molecular complexity index is 302. The molecule has 0 radical (unpaired) electrons. The fraction of sp³-hybridized carbons (Fsp3) is 0.200. The molecule has 0 saturated carbocycles. The monoisotopic (exact) mass is 146 g/mol. The van der Waals surface area contributed by atoms with E-state index in [0.717, 1.165) is 12.2 Å². The van der Waals surface area contributed by atoms with Crippen LogP contribution in [0.2, 0.25) is 0 Å². The summed E-state index contributed by atoms with van der Waals surface area (Å²) in [7, 11) is 0. The Balaban J connectivity index is 2.28. The number of allylic oxidation sites excluding steroid dienone is 4. The Labute approximate surface area is 66.0 Å². The quantitative estimate of drug-likeness (QED) is 0.593. The molecule has 0 amide bonds. The van der Waals surface area contributed by atoms with E-state index >= 15 is 0 Å². The van der Waals surface area contributed by atoms with Crippen molar-refractivity contribution >= 4 is 5.57 Å². The molecule has 1 heteroatoms. The van der Waals surface area contributed by atoms with Crippen molar-refractivity contribution in [3.05, 3.63) is 41.9 Å². The van der Waals surface area contributed by atoms with Gasteiger partial charge in [0.05, 0.1) is 6.26 Å². The highest BCUT2D eigenvalue weighted by atomic mass is 16.3. The van der Waals surface area contributed by atoms with E-state index in [2.05, 4.69) is 19.1 Å². The summed E-state index contributed by atoms with van der Waals surface area (Å²) in [5, 5.41) is 0. The van der Waals surface area contributed by atoms with E-state index in [1.807, 2.05) is 12.1 Å². The second-order valence-electron chi connectivity index (χ2n) is 2.80. The molecule has 0 unspecified atom stereocenters. The summed E-state index contributed by atoms with van der Waals surface area (Å²) in [5.41, 5.74) is 2.61. The van der Waals surface area contributed by atoms with E-state index in [-0.39, 0.29) is 0 Å². The van der Waals surface area contributed by atoms with Gasteiger partial charge in [-0.05, 0) is 31.1 Å². The first-order chi connectivity index (χ1) is 5.36. The van der Waals surface area contributed by atoms with Gasteiger partial charge in [-0.2, -0.15) is 0 Å². The zero-order valence-electron chi connectivity index (χ0n) is 6.50. The maximum atomic E-state index is 5.26. The molecule has 0 fully saturated rings. The van der Waals surface area contributed by atoms with Gasteiger partial charge in [0, 0.05) is 0 Å². The fourth-order valence-corrected chi connectivity index (χ4v) is 1.30. The largest absolute Gasteiger partial charge is 0.465 e. The van der Waals surface area contributed by atoms with Crippen LogP contribution >= 0.6 is 0 Å². The summed E-state index contributed by atoms with van der Waals surface area (Å²) in [6.45, 7) is 2.11. The summed E-state index contributed by atoms with van der Waals surface area (Å²) in [4.78, 5) is 0. The van der Waals surface area contributed by atoms with Gasteiger partial charge < -0.3 is 4.42 Å². The molecule has 11 heavy (non-hydrogen) atoms. The highest BCUT2D eigenvalue weighted by Crippen LogP contribution is 2.26. The molecule has 2 rings (SSSR count). The summed E-state index contributed by atoms with van der Waals surface area (Å²) in [5.74, 6) is 0.998. The van der Waals surface area contributed by atoms with Gasteiger partial charge in [-0.1, -0.05) is 17.7 Å². The molecule has 0 saturated heterocycles. The minimum absolute atomic E-state index is 0.998. The standard InChI is InChI=1S/C10H10O/c1-8-4-5-9(7-8)10-3-2-6-11-10/h2-4,6-7H,5H2,1H3. The first-order valence-electron chi connectivity index (χ1n) is 3.77. The van der Waals surface area contributed by atoms with Crippen molar-refractivity contribution in [2.24, 2.45) is 0 Å². The average molecular weight is 146 g/mol. The van der Waals surface area contributed by atoms with Crippen LogP contribution in [0.15, 0.2) is 40.5 Å². The summed E-state index contributed by atoms with van der Waals surface area (Å²) < 4.78 is 5.26. The molecule has 0 aromatic carbocycles. The Kier molecular flexibility index (Phi) is 1.42. The van der Waals surface area contributed by atoms with E-state index in [1.54, 1.807) is 6.26 Å². The topological polar surface area (TPSA) is 13.1 Å². The maximum Gasteiger partial charge on any atom is 0.130 e. The molecule has 1 heterocycles. The Hall–Kier alpha value is -1.24. The van der Waals surface area contributed by atoms with Gasteiger partial charge in [-0.15, -0.1) is 0 Å². The first-order valence-corrected chi connectivity index (χ1v) is 3.77. The van der Waals surface area contributed by atoms with Crippen LogP contribution in [0.1, 0.15) is 19.1 Å². The van der Waals surface area contributed by atoms with Crippen LogP contribution in [-0.2, 0) is 0 Å². The molecule has 0 N–H and O–H groups in total. The third-order valence-corrected chi connectivity index (χ3v) is 1.88. The molecular formula is C10H10O. The molecule has 1 aliphatic carbocycles. The van der Waals surface area contributed by atoms with Crippen LogP contribution in [0, 0.1) is 0 Å². The molecule has 56 valence electrons. The van der Waals surface area contributed by atoms with E-state index in [1.165, 1.54) is 11.1 Å². The molecule has 1 aromatic heterocycles. The third-order valence-electron chi connectivity index (χ3n) is 1.88. The molecule has 1 aromatic rings. The van der Waals surface area contributed by atoms with Gasteiger partial charge in [0.25, 0.3) is 0 Å². The van der Waals surface area contributed by atoms with E-state index < -0.39 is 0 Å².